The molecule has 0 saturated heterocycles. The van der Waals surface area contributed by atoms with Gasteiger partial charge in [-0.25, -0.2) is 0 Å². The molecule has 0 bridgehead atoms. The van der Waals surface area contributed by atoms with Crippen molar-refractivity contribution in [3.8, 4) is 16.8 Å². The second kappa shape index (κ2) is 6.78. The molecule has 0 amide bonds. The van der Waals surface area contributed by atoms with Crippen molar-refractivity contribution in [3.05, 3.63) is 109 Å². The van der Waals surface area contributed by atoms with Crippen LogP contribution < -0.4 is 0 Å². The third-order valence-electron chi connectivity index (χ3n) is 6.24. The fourth-order valence-corrected chi connectivity index (χ4v) is 6.07. The zero-order valence-corrected chi connectivity index (χ0v) is 18.0. The molecule has 150 valence electrons. The third kappa shape index (κ3) is 2.49. The molecule has 0 atom stereocenters. The van der Waals surface area contributed by atoms with Gasteiger partial charge in [0.05, 0.1) is 16.6 Å². The Morgan fingerprint density at radius 1 is 0.625 bits per heavy atom. The van der Waals surface area contributed by atoms with Crippen LogP contribution in [-0.2, 0) is 0 Å². The van der Waals surface area contributed by atoms with Crippen molar-refractivity contribution in [2.75, 3.05) is 0 Å². The molecule has 4 aromatic carbocycles. The number of rotatable bonds is 2. The maximum Gasteiger partial charge on any atom is 0.0977 e. The maximum absolute atomic E-state index is 4.84. The van der Waals surface area contributed by atoms with E-state index in [1.54, 1.807) is 0 Å². The van der Waals surface area contributed by atoms with Gasteiger partial charge < -0.3 is 4.57 Å². The Kier molecular flexibility index (Phi) is 3.75. The lowest BCUT2D eigenvalue weighted by Gasteiger charge is -2.10. The summed E-state index contributed by atoms with van der Waals surface area (Å²) in [6, 6.07) is 36.7. The van der Waals surface area contributed by atoms with Crippen molar-refractivity contribution in [3.63, 3.8) is 0 Å². The van der Waals surface area contributed by atoms with Crippen LogP contribution in [0.4, 0.5) is 0 Å². The minimum absolute atomic E-state index is 1.06. The van der Waals surface area contributed by atoms with Crippen molar-refractivity contribution >= 4 is 53.4 Å². The van der Waals surface area contributed by atoms with Gasteiger partial charge >= 0.3 is 0 Å². The summed E-state index contributed by atoms with van der Waals surface area (Å²) in [5, 5.41) is 3.86. The summed E-state index contributed by atoms with van der Waals surface area (Å²) in [5.41, 5.74) is 6.98. The van der Waals surface area contributed by atoms with Gasteiger partial charge in [-0.3, -0.25) is 4.98 Å². The topological polar surface area (TPSA) is 17.8 Å². The Balaban J connectivity index is 1.59. The highest BCUT2D eigenvalue weighted by Crippen LogP contribution is 2.42. The first kappa shape index (κ1) is 17.7. The molecule has 3 heteroatoms. The van der Waals surface area contributed by atoms with Gasteiger partial charge in [-0.05, 0) is 47.5 Å². The summed E-state index contributed by atoms with van der Waals surface area (Å²) in [6.07, 6.45) is 1.90. The summed E-state index contributed by atoms with van der Waals surface area (Å²) in [5.74, 6) is 0. The van der Waals surface area contributed by atoms with Crippen molar-refractivity contribution < 1.29 is 0 Å². The Bertz CT molecular complexity index is 1770. The molecule has 0 unspecified atom stereocenters. The van der Waals surface area contributed by atoms with Crippen molar-refractivity contribution in [1.82, 2.24) is 9.55 Å². The molecule has 0 aliphatic rings. The quantitative estimate of drug-likeness (QED) is 0.272. The number of hydrogen-bond donors (Lipinski definition) is 0. The smallest absolute Gasteiger partial charge is 0.0977 e. The summed E-state index contributed by atoms with van der Waals surface area (Å²) in [6.45, 7) is 0. The Morgan fingerprint density at radius 3 is 2.41 bits per heavy atom. The highest BCUT2D eigenvalue weighted by Gasteiger charge is 2.18. The minimum atomic E-state index is 1.06. The van der Waals surface area contributed by atoms with Crippen LogP contribution >= 0.6 is 11.3 Å². The van der Waals surface area contributed by atoms with E-state index in [4.69, 9.17) is 4.98 Å². The largest absolute Gasteiger partial charge is 0.308 e. The fourth-order valence-electron chi connectivity index (χ4n) is 4.83. The predicted octanol–water partition coefficient (Wildman–Crippen LogP) is 8.21. The third-order valence-corrected chi connectivity index (χ3v) is 7.45. The number of nitrogens with zero attached hydrogens (tertiary/aromatic N) is 2. The van der Waals surface area contributed by atoms with Gasteiger partial charge in [0.25, 0.3) is 0 Å². The minimum Gasteiger partial charge on any atom is -0.308 e. The average Bonchev–Trinajstić information content (AvgIpc) is 3.40. The number of hydrogen-bond acceptors (Lipinski definition) is 2. The van der Waals surface area contributed by atoms with Crippen LogP contribution in [0.15, 0.2) is 109 Å². The molecule has 3 aromatic heterocycles. The molecule has 0 saturated carbocycles. The second-order valence-corrected chi connectivity index (χ2v) is 9.11. The van der Waals surface area contributed by atoms with E-state index in [0.717, 1.165) is 16.7 Å². The molecular weight excluding hydrogens is 408 g/mol. The van der Waals surface area contributed by atoms with Crippen molar-refractivity contribution in [1.29, 1.82) is 0 Å². The van der Waals surface area contributed by atoms with E-state index in [9.17, 15) is 0 Å². The zero-order chi connectivity index (χ0) is 21.1. The van der Waals surface area contributed by atoms with E-state index in [1.165, 1.54) is 42.2 Å². The first-order valence-electron chi connectivity index (χ1n) is 10.7. The second-order valence-electron chi connectivity index (χ2n) is 8.06. The summed E-state index contributed by atoms with van der Waals surface area (Å²) < 4.78 is 4.98. The van der Waals surface area contributed by atoms with E-state index in [-0.39, 0.29) is 0 Å². The SMILES string of the molecule is c1ccc(-c2cccc(-n3c4cccnc4c4c5sc6ccccc6c5ccc43)c2)cc1. The zero-order valence-electron chi connectivity index (χ0n) is 17.2. The Hall–Kier alpha value is -3.95. The maximum atomic E-state index is 4.84. The molecule has 0 spiro atoms. The number of pyridine rings is 1. The Labute approximate surface area is 189 Å². The van der Waals surface area contributed by atoms with Crippen molar-refractivity contribution in [2.24, 2.45) is 0 Å². The summed E-state index contributed by atoms with van der Waals surface area (Å²) >= 11 is 1.86. The molecular formula is C29H18N2S. The molecule has 0 N–H and O–H groups in total. The molecule has 0 aliphatic carbocycles. The van der Waals surface area contributed by atoms with Crippen LogP contribution in [0.1, 0.15) is 0 Å². The van der Waals surface area contributed by atoms with Gasteiger partial charge in [-0.2, -0.15) is 0 Å². The normalized spacial score (nSPS) is 11.8. The molecule has 0 radical (unpaired) electrons. The lowest BCUT2D eigenvalue weighted by atomic mass is 10.1. The summed E-state index contributed by atoms with van der Waals surface area (Å²) in [4.78, 5) is 4.84. The van der Waals surface area contributed by atoms with Crippen LogP contribution in [0.2, 0.25) is 0 Å². The molecule has 0 fully saturated rings. The number of fused-ring (bicyclic) bond motifs is 7. The highest BCUT2D eigenvalue weighted by atomic mass is 32.1. The average molecular weight is 427 g/mol. The van der Waals surface area contributed by atoms with Crippen LogP contribution in [0.5, 0.6) is 0 Å². The molecule has 32 heavy (non-hydrogen) atoms. The van der Waals surface area contributed by atoms with E-state index < -0.39 is 0 Å². The number of benzene rings is 4. The lowest BCUT2D eigenvalue weighted by molar-refractivity contribution is 1.18. The van der Waals surface area contributed by atoms with E-state index >= 15 is 0 Å². The number of thiophene rings is 1. The van der Waals surface area contributed by atoms with Crippen LogP contribution in [0.3, 0.4) is 0 Å². The number of aromatic nitrogens is 2. The highest BCUT2D eigenvalue weighted by molar-refractivity contribution is 7.26. The van der Waals surface area contributed by atoms with Gasteiger partial charge in [-0.15, -0.1) is 11.3 Å². The van der Waals surface area contributed by atoms with Gasteiger partial charge in [0.15, 0.2) is 0 Å². The van der Waals surface area contributed by atoms with Gasteiger partial charge in [-0.1, -0.05) is 66.7 Å². The van der Waals surface area contributed by atoms with Gasteiger partial charge in [0.1, 0.15) is 0 Å². The van der Waals surface area contributed by atoms with Crippen molar-refractivity contribution in [2.45, 2.75) is 0 Å². The van der Waals surface area contributed by atoms with Crippen LogP contribution in [-0.4, -0.2) is 9.55 Å². The van der Waals surface area contributed by atoms with Crippen LogP contribution in [0, 0.1) is 0 Å². The Morgan fingerprint density at radius 2 is 1.47 bits per heavy atom. The summed E-state index contributed by atoms with van der Waals surface area (Å²) in [7, 11) is 0. The van der Waals surface area contributed by atoms with E-state index in [2.05, 4.69) is 102 Å². The lowest BCUT2D eigenvalue weighted by Crippen LogP contribution is -1.94. The molecule has 0 aliphatic heterocycles. The molecule has 3 heterocycles. The monoisotopic (exact) mass is 426 g/mol. The molecule has 2 nitrogen and oxygen atoms in total. The van der Waals surface area contributed by atoms with Gasteiger partial charge in [0, 0.05) is 37.4 Å². The molecule has 7 aromatic rings. The first-order chi connectivity index (χ1) is 15.9. The first-order valence-corrected chi connectivity index (χ1v) is 11.6. The standard InChI is InChI=1S/C29H18N2S/c1-2-8-19(9-3-1)20-10-6-11-21(18-20)31-24-16-15-23-22-12-4-5-14-26(22)32-29(23)27(24)28-25(31)13-7-17-30-28/h1-18H. The van der Waals surface area contributed by atoms with Crippen LogP contribution in [0.25, 0.3) is 58.9 Å². The van der Waals surface area contributed by atoms with E-state index in [0.29, 0.717) is 0 Å². The fraction of sp³-hybridized carbons (Fsp3) is 0. The van der Waals surface area contributed by atoms with E-state index in [1.807, 2.05) is 23.6 Å². The predicted molar refractivity (Wildman–Crippen MR) is 137 cm³/mol. The molecule has 7 rings (SSSR count). The van der Waals surface area contributed by atoms with Gasteiger partial charge in [0.2, 0.25) is 0 Å².